The standard InChI is InChI=1S/C20H30N4OS/c1-2-24-18(16-3-4-16)22-23-19(24)26-11-17(25)21-12-20-8-13-5-14(9-20)7-15(6-13)10-20/h13-16H,2-12H2,1H3,(H,21,25). The first kappa shape index (κ1) is 17.1. The van der Waals surface area contributed by atoms with E-state index in [-0.39, 0.29) is 5.91 Å². The minimum Gasteiger partial charge on any atom is -0.355 e. The molecule has 0 saturated heterocycles. The van der Waals surface area contributed by atoms with Gasteiger partial charge >= 0.3 is 0 Å². The van der Waals surface area contributed by atoms with Crippen LogP contribution in [0.25, 0.3) is 0 Å². The second-order valence-electron chi connectivity index (χ2n) is 9.34. The highest BCUT2D eigenvalue weighted by Crippen LogP contribution is 2.59. The van der Waals surface area contributed by atoms with Crippen molar-refractivity contribution in [3.8, 4) is 0 Å². The Balaban J connectivity index is 1.15. The Bertz CT molecular complexity index is 661. The normalized spacial score (nSPS) is 35.0. The number of thioether (sulfide) groups is 1. The first-order chi connectivity index (χ1) is 12.6. The number of rotatable bonds is 7. The van der Waals surface area contributed by atoms with E-state index < -0.39 is 0 Å². The molecule has 0 aromatic carbocycles. The lowest BCUT2D eigenvalue weighted by atomic mass is 9.49. The average molecular weight is 375 g/mol. The molecule has 0 atom stereocenters. The van der Waals surface area contributed by atoms with Crippen LogP contribution in [0.1, 0.15) is 70.0 Å². The van der Waals surface area contributed by atoms with Crippen molar-refractivity contribution in [3.63, 3.8) is 0 Å². The van der Waals surface area contributed by atoms with Crippen LogP contribution in [-0.4, -0.2) is 33.0 Å². The topological polar surface area (TPSA) is 59.8 Å². The summed E-state index contributed by atoms with van der Waals surface area (Å²) in [5.41, 5.74) is 0.414. The molecule has 4 bridgehead atoms. The van der Waals surface area contributed by atoms with E-state index >= 15 is 0 Å². The van der Waals surface area contributed by atoms with E-state index in [2.05, 4.69) is 27.0 Å². The number of hydrogen-bond acceptors (Lipinski definition) is 4. The van der Waals surface area contributed by atoms with Gasteiger partial charge in [0.05, 0.1) is 5.75 Å². The lowest BCUT2D eigenvalue weighted by molar-refractivity contribution is -0.120. The molecule has 0 radical (unpaired) electrons. The second-order valence-corrected chi connectivity index (χ2v) is 10.3. The van der Waals surface area contributed by atoms with Crippen LogP contribution in [0.15, 0.2) is 5.16 Å². The lowest BCUT2D eigenvalue weighted by Gasteiger charge is -2.56. The van der Waals surface area contributed by atoms with Crippen molar-refractivity contribution < 1.29 is 4.79 Å². The molecule has 1 aromatic heterocycles. The average Bonchev–Trinajstić information content (AvgIpc) is 3.37. The molecule has 142 valence electrons. The van der Waals surface area contributed by atoms with Gasteiger partial charge in [-0.1, -0.05) is 11.8 Å². The molecule has 6 rings (SSSR count). The van der Waals surface area contributed by atoms with Crippen LogP contribution in [0.5, 0.6) is 0 Å². The molecule has 5 aliphatic carbocycles. The first-order valence-electron chi connectivity index (χ1n) is 10.5. The van der Waals surface area contributed by atoms with Gasteiger partial charge in [0.1, 0.15) is 5.82 Å². The minimum atomic E-state index is 0.157. The highest BCUT2D eigenvalue weighted by atomic mass is 32.2. The summed E-state index contributed by atoms with van der Waals surface area (Å²) in [6.45, 7) is 3.91. The highest BCUT2D eigenvalue weighted by Gasteiger charge is 2.50. The fourth-order valence-electron chi connectivity index (χ4n) is 6.32. The summed E-state index contributed by atoms with van der Waals surface area (Å²) in [4.78, 5) is 12.5. The monoisotopic (exact) mass is 374 g/mol. The maximum atomic E-state index is 12.5. The number of carbonyl (C=O) groups is 1. The van der Waals surface area contributed by atoms with Crippen LogP contribution in [0.3, 0.4) is 0 Å². The number of aromatic nitrogens is 3. The molecular weight excluding hydrogens is 344 g/mol. The van der Waals surface area contributed by atoms with Crippen LogP contribution in [0.2, 0.25) is 0 Å². The summed E-state index contributed by atoms with van der Waals surface area (Å²) in [6.07, 6.45) is 10.9. The zero-order valence-corrected chi connectivity index (χ0v) is 16.6. The molecular formula is C20H30N4OS. The van der Waals surface area contributed by atoms with Gasteiger partial charge in [-0.25, -0.2) is 0 Å². The molecule has 0 unspecified atom stereocenters. The van der Waals surface area contributed by atoms with Crippen molar-refractivity contribution in [1.82, 2.24) is 20.1 Å². The third-order valence-corrected chi connectivity index (χ3v) is 8.13. The number of hydrogen-bond donors (Lipinski definition) is 1. The number of nitrogens with zero attached hydrogens (tertiary/aromatic N) is 3. The molecule has 1 N–H and O–H groups in total. The van der Waals surface area contributed by atoms with E-state index in [1.807, 2.05) is 0 Å². The Morgan fingerprint density at radius 3 is 2.38 bits per heavy atom. The third-order valence-electron chi connectivity index (χ3n) is 7.16. The molecule has 5 fully saturated rings. The smallest absolute Gasteiger partial charge is 0.230 e. The largest absolute Gasteiger partial charge is 0.355 e. The van der Waals surface area contributed by atoms with Gasteiger partial charge in [-0.2, -0.15) is 0 Å². The van der Waals surface area contributed by atoms with Crippen molar-refractivity contribution in [3.05, 3.63) is 5.82 Å². The molecule has 5 saturated carbocycles. The molecule has 1 heterocycles. The highest BCUT2D eigenvalue weighted by molar-refractivity contribution is 7.99. The molecule has 1 amide bonds. The van der Waals surface area contributed by atoms with Crippen LogP contribution < -0.4 is 5.32 Å². The lowest BCUT2D eigenvalue weighted by Crippen LogP contribution is -2.51. The van der Waals surface area contributed by atoms with Gasteiger partial charge in [-0.05, 0) is 81.5 Å². The summed E-state index contributed by atoms with van der Waals surface area (Å²) in [5.74, 6) is 5.15. The second kappa shape index (κ2) is 6.54. The zero-order valence-electron chi connectivity index (χ0n) is 15.7. The van der Waals surface area contributed by atoms with E-state index in [0.717, 1.165) is 41.8 Å². The van der Waals surface area contributed by atoms with E-state index in [4.69, 9.17) is 0 Å². The molecule has 1 aromatic rings. The Kier molecular flexibility index (Phi) is 4.29. The Labute approximate surface area is 160 Å². The minimum absolute atomic E-state index is 0.157. The summed E-state index contributed by atoms with van der Waals surface area (Å²) >= 11 is 1.54. The van der Waals surface area contributed by atoms with Crippen LogP contribution in [0, 0.1) is 23.2 Å². The Hall–Kier alpha value is -1.04. The van der Waals surface area contributed by atoms with Crippen molar-refractivity contribution in [2.24, 2.45) is 23.2 Å². The summed E-state index contributed by atoms with van der Waals surface area (Å²) < 4.78 is 2.19. The van der Waals surface area contributed by atoms with Crippen molar-refractivity contribution >= 4 is 17.7 Å². The van der Waals surface area contributed by atoms with Gasteiger partial charge in [0.2, 0.25) is 5.91 Å². The van der Waals surface area contributed by atoms with Gasteiger partial charge in [0.15, 0.2) is 5.16 Å². The molecule has 0 spiro atoms. The maximum Gasteiger partial charge on any atom is 0.230 e. The molecule has 5 aliphatic rings. The summed E-state index contributed by atoms with van der Waals surface area (Å²) in [5, 5.41) is 12.9. The molecule has 5 nitrogen and oxygen atoms in total. The van der Waals surface area contributed by atoms with Gasteiger partial charge in [-0.15, -0.1) is 10.2 Å². The molecule has 0 aliphatic heterocycles. The van der Waals surface area contributed by atoms with E-state index in [0.29, 0.717) is 17.1 Å². The number of carbonyl (C=O) groups excluding carboxylic acids is 1. The number of nitrogens with one attached hydrogen (secondary N) is 1. The van der Waals surface area contributed by atoms with Gasteiger partial charge in [0, 0.05) is 19.0 Å². The quantitative estimate of drug-likeness (QED) is 0.741. The van der Waals surface area contributed by atoms with Gasteiger partial charge < -0.3 is 9.88 Å². The number of amides is 1. The van der Waals surface area contributed by atoms with E-state index in [9.17, 15) is 4.79 Å². The fraction of sp³-hybridized carbons (Fsp3) is 0.850. The van der Waals surface area contributed by atoms with Crippen molar-refractivity contribution in [2.75, 3.05) is 12.3 Å². The van der Waals surface area contributed by atoms with E-state index in [1.165, 1.54) is 51.4 Å². The summed E-state index contributed by atoms with van der Waals surface area (Å²) in [7, 11) is 0. The van der Waals surface area contributed by atoms with E-state index in [1.54, 1.807) is 11.8 Å². The van der Waals surface area contributed by atoms with Gasteiger partial charge in [-0.3, -0.25) is 4.79 Å². The zero-order chi connectivity index (χ0) is 17.7. The predicted octanol–water partition coefficient (Wildman–Crippen LogP) is 3.60. The fourth-order valence-corrected chi connectivity index (χ4v) is 7.16. The van der Waals surface area contributed by atoms with Crippen LogP contribution in [0.4, 0.5) is 0 Å². The molecule has 6 heteroatoms. The maximum absolute atomic E-state index is 12.5. The van der Waals surface area contributed by atoms with Crippen LogP contribution >= 0.6 is 11.8 Å². The van der Waals surface area contributed by atoms with Gasteiger partial charge in [0.25, 0.3) is 0 Å². The molecule has 26 heavy (non-hydrogen) atoms. The van der Waals surface area contributed by atoms with Crippen LogP contribution in [-0.2, 0) is 11.3 Å². The first-order valence-corrected chi connectivity index (χ1v) is 11.5. The third kappa shape index (κ3) is 3.19. The van der Waals surface area contributed by atoms with Crippen molar-refractivity contribution in [2.45, 2.75) is 75.9 Å². The predicted molar refractivity (Wildman–Crippen MR) is 102 cm³/mol. The van der Waals surface area contributed by atoms with Crippen molar-refractivity contribution in [1.29, 1.82) is 0 Å². The summed E-state index contributed by atoms with van der Waals surface area (Å²) in [6, 6.07) is 0. The SMILES string of the molecule is CCn1c(SCC(=O)NCC23CC4CC(CC(C4)C2)C3)nnc1C1CC1. The Morgan fingerprint density at radius 1 is 1.15 bits per heavy atom. The Morgan fingerprint density at radius 2 is 1.81 bits per heavy atom.